The number of rotatable bonds is 22. The first-order chi connectivity index (χ1) is 20.6. The number of allylic oxidation sites excluding steroid dienone is 6. The van der Waals surface area contributed by atoms with Crippen molar-refractivity contribution in [1.29, 1.82) is 0 Å². The molecule has 1 amide bonds. The summed E-state index contributed by atoms with van der Waals surface area (Å²) in [7, 11) is -2.12. The van der Waals surface area contributed by atoms with Crippen LogP contribution >= 0.6 is 22.6 Å². The zero-order chi connectivity index (χ0) is 33.8. The molecule has 0 saturated heterocycles. The molecule has 250 valence electrons. The number of nitrogens with two attached hydrogens (primary N) is 1. The van der Waals surface area contributed by atoms with Gasteiger partial charge in [-0.15, -0.1) is 13.2 Å². The fourth-order valence-corrected chi connectivity index (χ4v) is 6.21. The van der Waals surface area contributed by atoms with E-state index in [2.05, 4.69) is 103 Å². The number of ether oxygens (including phenoxy) is 2. The number of halogens is 1. The minimum Gasteiger partial charge on any atom is -0.461 e. The van der Waals surface area contributed by atoms with Gasteiger partial charge in [0, 0.05) is 18.8 Å². The number of hydrogen-bond donors (Lipinski definition) is 1. The molecule has 44 heavy (non-hydrogen) atoms. The molecule has 0 aliphatic heterocycles. The van der Waals surface area contributed by atoms with Gasteiger partial charge in [0.2, 0.25) is 0 Å². The molecule has 0 heterocycles. The van der Waals surface area contributed by atoms with Gasteiger partial charge in [0.25, 0.3) is 0 Å². The molecule has 0 aromatic rings. The van der Waals surface area contributed by atoms with Crippen LogP contribution < -0.4 is 5.73 Å². The third-order valence-electron chi connectivity index (χ3n) is 8.02. The molecule has 0 bridgehead atoms. The summed E-state index contributed by atoms with van der Waals surface area (Å²) in [5.41, 5.74) is 7.65. The van der Waals surface area contributed by atoms with Crippen LogP contribution in [-0.2, 0) is 18.7 Å². The highest BCUT2D eigenvalue weighted by atomic mass is 127. The lowest BCUT2D eigenvalue weighted by molar-refractivity contribution is -0.150. The van der Waals surface area contributed by atoms with E-state index in [-0.39, 0.29) is 23.0 Å². The maximum atomic E-state index is 12.7. The van der Waals surface area contributed by atoms with E-state index in [9.17, 15) is 9.59 Å². The van der Waals surface area contributed by atoms with Gasteiger partial charge in [-0.3, -0.25) is 4.79 Å². The second-order valence-electron chi connectivity index (χ2n) is 13.1. The van der Waals surface area contributed by atoms with Crippen molar-refractivity contribution in [2.75, 3.05) is 0 Å². The monoisotopic (exact) mass is 741 g/mol. The molecule has 0 radical (unpaired) electrons. The van der Waals surface area contributed by atoms with Crippen molar-refractivity contribution >= 4 is 43.0 Å². The van der Waals surface area contributed by atoms with Crippen LogP contribution in [0, 0.1) is 5.92 Å². The molecule has 0 aliphatic carbocycles. The first-order valence-corrected chi connectivity index (χ1v) is 20.1. The highest BCUT2D eigenvalue weighted by Crippen LogP contribution is 2.38. The van der Waals surface area contributed by atoms with Crippen LogP contribution in [0.2, 0.25) is 18.1 Å². The Bertz CT molecular complexity index is 1010. The van der Waals surface area contributed by atoms with Crippen LogP contribution in [0.5, 0.6) is 0 Å². The highest BCUT2D eigenvalue weighted by molar-refractivity contribution is 14.1. The van der Waals surface area contributed by atoms with E-state index in [0.29, 0.717) is 25.7 Å². The molecule has 0 aliphatic rings. The molecule has 0 saturated carbocycles. The number of hydrogen-bond acceptors (Lipinski definition) is 5. The highest BCUT2D eigenvalue weighted by Gasteiger charge is 2.40. The summed E-state index contributed by atoms with van der Waals surface area (Å²) in [5.74, 6) is -0.0727. The lowest BCUT2D eigenvalue weighted by atomic mass is 9.95. The van der Waals surface area contributed by atoms with E-state index in [0.717, 1.165) is 43.3 Å². The van der Waals surface area contributed by atoms with E-state index in [1.165, 1.54) is 0 Å². The minimum absolute atomic E-state index is 0.00357. The molecule has 0 fully saturated rings. The third-order valence-corrected chi connectivity index (χ3v) is 12.9. The Morgan fingerprint density at radius 1 is 1.00 bits per heavy atom. The van der Waals surface area contributed by atoms with Crippen LogP contribution in [0.15, 0.2) is 70.9 Å². The Balaban J connectivity index is 5.42. The van der Waals surface area contributed by atoms with Crippen molar-refractivity contribution in [2.24, 2.45) is 11.7 Å². The molecule has 4 atom stereocenters. The van der Waals surface area contributed by atoms with Crippen LogP contribution in [0.1, 0.15) is 99.3 Å². The summed E-state index contributed by atoms with van der Waals surface area (Å²) in [6, 6.07) is 0. The number of primary amides is 1. The Morgan fingerprint density at radius 2 is 1.66 bits per heavy atom. The molecule has 6 nitrogen and oxygen atoms in total. The van der Waals surface area contributed by atoms with Crippen molar-refractivity contribution < 1.29 is 23.5 Å². The summed E-state index contributed by atoms with van der Waals surface area (Å²) < 4.78 is 20.0. The smallest absolute Gasteiger partial charge is 0.404 e. The van der Waals surface area contributed by atoms with Gasteiger partial charge in [0.15, 0.2) is 8.32 Å². The Hall–Kier alpha value is -1.91. The quantitative estimate of drug-likeness (QED) is 0.0298. The van der Waals surface area contributed by atoms with Crippen molar-refractivity contribution in [2.45, 2.75) is 136 Å². The standard InChI is InChI=1S/C36H60INO5Si/c1-11-13-14-15-16-20-23-34(39)41-33(30(5)26-29(4)24-25-37)27-28(3)21-18-17-19-22-32(42-35(38)40)31(12-2)43-44(9,10)36(6,7)8/h11-12,17-18,21,24-26,30-33H,1-2,13-16,19-20,22-23,27H2,3-10H3,(H2,38,40)/b18-17+,25-24+,28-21+,29-26+/t30-,31+,32+,33-/m1/s1. The number of carbonyl (C=O) groups excluding carboxylic acids is 2. The average molecular weight is 742 g/mol. The molecule has 8 heteroatoms. The summed E-state index contributed by atoms with van der Waals surface area (Å²) in [5, 5.41) is 0.00357. The lowest BCUT2D eigenvalue weighted by Crippen LogP contribution is -2.47. The van der Waals surface area contributed by atoms with Crippen LogP contribution in [0.3, 0.4) is 0 Å². The summed E-state index contributed by atoms with van der Waals surface area (Å²) in [6.45, 7) is 24.7. The number of unbranched alkanes of at least 4 members (excludes halogenated alkanes) is 4. The van der Waals surface area contributed by atoms with Gasteiger partial charge in [0.05, 0.1) is 0 Å². The van der Waals surface area contributed by atoms with E-state index < -0.39 is 26.6 Å². The zero-order valence-corrected chi connectivity index (χ0v) is 31.9. The fourth-order valence-electron chi connectivity index (χ4n) is 4.36. The van der Waals surface area contributed by atoms with Crippen molar-refractivity contribution in [3.63, 3.8) is 0 Å². The number of esters is 1. The molecule has 0 rings (SSSR count). The van der Waals surface area contributed by atoms with Gasteiger partial charge >= 0.3 is 12.1 Å². The van der Waals surface area contributed by atoms with Gasteiger partial charge in [-0.25, -0.2) is 4.79 Å². The lowest BCUT2D eigenvalue weighted by Gasteiger charge is -2.40. The summed E-state index contributed by atoms with van der Waals surface area (Å²) in [4.78, 5) is 24.4. The summed E-state index contributed by atoms with van der Waals surface area (Å²) >= 11 is 2.21. The maximum absolute atomic E-state index is 12.7. The molecular weight excluding hydrogens is 681 g/mol. The van der Waals surface area contributed by atoms with E-state index >= 15 is 0 Å². The second-order valence-corrected chi connectivity index (χ2v) is 18.6. The fraction of sp³-hybridized carbons (Fsp3) is 0.611. The molecule has 2 N–H and O–H groups in total. The van der Waals surface area contributed by atoms with Crippen molar-refractivity contribution in [3.05, 3.63) is 70.9 Å². The first-order valence-electron chi connectivity index (χ1n) is 15.9. The van der Waals surface area contributed by atoms with Crippen LogP contribution in [0.4, 0.5) is 4.79 Å². The van der Waals surface area contributed by atoms with E-state index in [1.807, 2.05) is 28.4 Å². The SMILES string of the molecule is C=CCCCCCCC(=O)O[C@H](C/C(C)=C/C=C/CC[C@H](OC(N)=O)[C@H](C=C)O[Si](C)(C)C(C)(C)C)[C@H](C)/C=C(C)/C=C/I. The maximum Gasteiger partial charge on any atom is 0.404 e. The average Bonchev–Trinajstić information content (AvgIpc) is 2.91. The van der Waals surface area contributed by atoms with E-state index in [1.54, 1.807) is 6.08 Å². The Morgan fingerprint density at radius 3 is 2.23 bits per heavy atom. The summed E-state index contributed by atoms with van der Waals surface area (Å²) in [6.07, 6.45) is 19.3. The number of amides is 1. The predicted molar refractivity (Wildman–Crippen MR) is 197 cm³/mol. The Labute approximate surface area is 283 Å². The predicted octanol–water partition coefficient (Wildman–Crippen LogP) is 10.7. The van der Waals surface area contributed by atoms with Gasteiger partial charge in [-0.05, 0) is 68.2 Å². The number of carbonyl (C=O) groups is 2. The van der Waals surface area contributed by atoms with Gasteiger partial charge < -0.3 is 19.6 Å². The van der Waals surface area contributed by atoms with E-state index in [4.69, 9.17) is 19.6 Å². The molecular formula is C36H60INO5Si. The van der Waals surface area contributed by atoms with Crippen molar-refractivity contribution in [1.82, 2.24) is 0 Å². The minimum atomic E-state index is -2.12. The largest absolute Gasteiger partial charge is 0.461 e. The third kappa shape index (κ3) is 18.8. The van der Waals surface area contributed by atoms with Crippen LogP contribution in [0.25, 0.3) is 0 Å². The first kappa shape index (κ1) is 42.1. The Kier molecular flexibility index (Phi) is 21.6. The topological polar surface area (TPSA) is 87.9 Å². The zero-order valence-electron chi connectivity index (χ0n) is 28.7. The van der Waals surface area contributed by atoms with Gasteiger partial charge in [-0.1, -0.05) is 117 Å². The van der Waals surface area contributed by atoms with Gasteiger partial charge in [0.1, 0.15) is 18.3 Å². The van der Waals surface area contributed by atoms with Gasteiger partial charge in [-0.2, -0.15) is 0 Å². The molecule has 0 spiro atoms. The second kappa shape index (κ2) is 22.6. The normalized spacial score (nSPS) is 16.0. The molecule has 0 unspecified atom stereocenters. The van der Waals surface area contributed by atoms with Crippen LogP contribution in [-0.4, -0.2) is 38.7 Å². The molecule has 0 aromatic carbocycles. The van der Waals surface area contributed by atoms with Crippen molar-refractivity contribution in [3.8, 4) is 0 Å². The molecule has 0 aromatic heterocycles.